The Kier molecular flexibility index (Phi) is 6.88. The molecule has 0 aliphatic heterocycles. The van der Waals surface area contributed by atoms with E-state index in [1.807, 2.05) is 12.1 Å². The van der Waals surface area contributed by atoms with Crippen LogP contribution in [-0.2, 0) is 9.53 Å². The van der Waals surface area contributed by atoms with Crippen molar-refractivity contribution in [3.8, 4) is 5.75 Å². The van der Waals surface area contributed by atoms with Crippen LogP contribution >= 0.6 is 0 Å². The number of hydrogen-bond donors (Lipinski definition) is 1. The van der Waals surface area contributed by atoms with Crippen molar-refractivity contribution >= 4 is 16.7 Å². The van der Waals surface area contributed by atoms with Gasteiger partial charge in [0.05, 0.1) is 6.61 Å². The average molecular weight is 418 g/mol. The molecule has 0 saturated heterocycles. The highest BCUT2D eigenvalue weighted by Crippen LogP contribution is 2.37. The van der Waals surface area contributed by atoms with E-state index < -0.39 is 0 Å². The minimum Gasteiger partial charge on any atom is -0.482 e. The zero-order valence-electron chi connectivity index (χ0n) is 18.3. The van der Waals surface area contributed by atoms with Crippen LogP contribution < -0.4 is 10.1 Å². The first kappa shape index (κ1) is 21.4. The van der Waals surface area contributed by atoms with Gasteiger partial charge in [0.2, 0.25) is 0 Å². The Balaban J connectivity index is 1.37. The number of nitrogens with one attached hydrogen (secondary N) is 1. The van der Waals surface area contributed by atoms with Crippen molar-refractivity contribution in [2.24, 2.45) is 0 Å². The summed E-state index contributed by atoms with van der Waals surface area (Å²) in [6.07, 6.45) is 3.42. The maximum atomic E-state index is 11.5. The van der Waals surface area contributed by atoms with Crippen LogP contribution in [0.2, 0.25) is 0 Å². The third-order valence-electron chi connectivity index (χ3n) is 6.20. The van der Waals surface area contributed by atoms with Gasteiger partial charge in [-0.15, -0.1) is 0 Å². The molecule has 1 aliphatic carbocycles. The van der Waals surface area contributed by atoms with Crippen molar-refractivity contribution in [3.05, 3.63) is 77.9 Å². The lowest BCUT2D eigenvalue weighted by Crippen LogP contribution is -2.29. The first-order chi connectivity index (χ1) is 15.1. The lowest BCUT2D eigenvalue weighted by molar-refractivity contribution is -0.145. The van der Waals surface area contributed by atoms with Gasteiger partial charge in [-0.2, -0.15) is 0 Å². The fraction of sp³-hybridized carbons (Fsp3) is 0.370. The summed E-state index contributed by atoms with van der Waals surface area (Å²) in [7, 11) is 0. The predicted molar refractivity (Wildman–Crippen MR) is 124 cm³/mol. The van der Waals surface area contributed by atoms with E-state index in [0.29, 0.717) is 24.6 Å². The Morgan fingerprint density at radius 2 is 1.87 bits per heavy atom. The zero-order valence-corrected chi connectivity index (χ0v) is 18.3. The van der Waals surface area contributed by atoms with Crippen molar-refractivity contribution < 1.29 is 14.3 Å². The van der Waals surface area contributed by atoms with Crippen LogP contribution in [0, 0.1) is 0 Å². The monoisotopic (exact) mass is 417 g/mol. The first-order valence-electron chi connectivity index (χ1n) is 11.3. The Bertz CT molecular complexity index is 1030. The summed E-state index contributed by atoms with van der Waals surface area (Å²) < 4.78 is 10.6. The highest BCUT2D eigenvalue weighted by atomic mass is 16.6. The molecule has 3 aromatic carbocycles. The van der Waals surface area contributed by atoms with E-state index in [-0.39, 0.29) is 12.6 Å². The van der Waals surface area contributed by atoms with Crippen LogP contribution in [-0.4, -0.2) is 25.2 Å². The second kappa shape index (κ2) is 9.97. The molecule has 0 unspecified atom stereocenters. The number of benzene rings is 3. The topological polar surface area (TPSA) is 47.6 Å². The molecule has 4 heteroatoms. The Hall–Kier alpha value is -2.85. The van der Waals surface area contributed by atoms with E-state index in [1.165, 1.54) is 21.9 Å². The summed E-state index contributed by atoms with van der Waals surface area (Å²) >= 11 is 0. The molecule has 31 heavy (non-hydrogen) atoms. The van der Waals surface area contributed by atoms with E-state index in [1.54, 1.807) is 6.92 Å². The molecule has 0 heterocycles. The van der Waals surface area contributed by atoms with Gasteiger partial charge in [0.1, 0.15) is 5.75 Å². The third-order valence-corrected chi connectivity index (χ3v) is 6.20. The molecule has 0 amide bonds. The van der Waals surface area contributed by atoms with Gasteiger partial charge >= 0.3 is 5.97 Å². The van der Waals surface area contributed by atoms with Gasteiger partial charge in [-0.05, 0) is 73.1 Å². The second-order valence-corrected chi connectivity index (χ2v) is 8.33. The minimum absolute atomic E-state index is 0.0469. The average Bonchev–Trinajstić information content (AvgIpc) is 3.26. The molecular weight excluding hydrogens is 386 g/mol. The lowest BCUT2D eigenvalue weighted by Gasteiger charge is -2.21. The van der Waals surface area contributed by atoms with Gasteiger partial charge in [-0.25, -0.2) is 4.79 Å². The van der Waals surface area contributed by atoms with Gasteiger partial charge in [-0.3, -0.25) is 0 Å². The van der Waals surface area contributed by atoms with Gasteiger partial charge < -0.3 is 14.8 Å². The summed E-state index contributed by atoms with van der Waals surface area (Å²) in [6.45, 7) is 4.38. The first-order valence-corrected chi connectivity index (χ1v) is 11.3. The lowest BCUT2D eigenvalue weighted by atomic mass is 9.96. The maximum absolute atomic E-state index is 11.5. The summed E-state index contributed by atoms with van der Waals surface area (Å²) in [5.41, 5.74) is 2.64. The van der Waals surface area contributed by atoms with Gasteiger partial charge in [-0.1, -0.05) is 54.6 Å². The van der Waals surface area contributed by atoms with Gasteiger partial charge in [0.15, 0.2) is 6.61 Å². The second-order valence-electron chi connectivity index (χ2n) is 8.33. The minimum atomic E-state index is -0.333. The Morgan fingerprint density at radius 1 is 1.06 bits per heavy atom. The highest BCUT2D eigenvalue weighted by Gasteiger charge is 2.27. The Labute approximate surface area is 184 Å². The molecule has 0 radical (unpaired) electrons. The van der Waals surface area contributed by atoms with Crippen molar-refractivity contribution in [1.82, 2.24) is 5.32 Å². The fourth-order valence-electron chi connectivity index (χ4n) is 4.71. The standard InChI is InChI=1S/C27H31NO3/c1-3-30-27(29)18-31-24-11-6-10-21(17-24)22-14-15-23(16-22)28-19(2)25-13-7-9-20-8-4-5-12-26(20)25/h4-13,17,19,22-23,28H,3,14-16,18H2,1-2H3/t19-,22-,23+/m1/s1. The molecule has 162 valence electrons. The van der Waals surface area contributed by atoms with Crippen LogP contribution in [0.3, 0.4) is 0 Å². The predicted octanol–water partition coefficient (Wildman–Crippen LogP) is 5.77. The summed E-state index contributed by atoms with van der Waals surface area (Å²) in [5, 5.41) is 6.48. The van der Waals surface area contributed by atoms with E-state index in [0.717, 1.165) is 25.0 Å². The van der Waals surface area contributed by atoms with Crippen molar-refractivity contribution in [2.45, 2.75) is 51.1 Å². The third kappa shape index (κ3) is 5.26. The van der Waals surface area contributed by atoms with E-state index in [4.69, 9.17) is 9.47 Å². The Morgan fingerprint density at radius 3 is 2.74 bits per heavy atom. The van der Waals surface area contributed by atoms with E-state index in [9.17, 15) is 4.79 Å². The summed E-state index contributed by atoms with van der Waals surface area (Å²) in [5.74, 6) is 0.898. The molecule has 4 nitrogen and oxygen atoms in total. The number of ether oxygens (including phenoxy) is 2. The molecule has 3 aromatic rings. The van der Waals surface area contributed by atoms with Crippen molar-refractivity contribution in [1.29, 1.82) is 0 Å². The van der Waals surface area contributed by atoms with E-state index >= 15 is 0 Å². The summed E-state index contributed by atoms with van der Waals surface area (Å²) in [4.78, 5) is 11.5. The number of rotatable bonds is 8. The molecule has 1 N–H and O–H groups in total. The highest BCUT2D eigenvalue weighted by molar-refractivity contribution is 5.86. The SMILES string of the molecule is CCOC(=O)COc1cccc([C@@H]2CC[C@H](N[C@H](C)c3cccc4ccccc34)C2)c1. The number of esters is 1. The van der Waals surface area contributed by atoms with Crippen LogP contribution in [0.25, 0.3) is 10.8 Å². The molecule has 3 atom stereocenters. The zero-order chi connectivity index (χ0) is 21.6. The largest absolute Gasteiger partial charge is 0.482 e. The van der Waals surface area contributed by atoms with Gasteiger partial charge in [0.25, 0.3) is 0 Å². The normalized spacial score (nSPS) is 19.3. The molecule has 0 spiro atoms. The van der Waals surface area contributed by atoms with Crippen LogP contribution in [0.5, 0.6) is 5.75 Å². The molecule has 4 rings (SSSR count). The maximum Gasteiger partial charge on any atom is 0.344 e. The molecule has 1 aliphatic rings. The number of carbonyl (C=O) groups excluding carboxylic acids is 1. The molecular formula is C27H31NO3. The van der Waals surface area contributed by atoms with Crippen LogP contribution in [0.4, 0.5) is 0 Å². The molecule has 1 saturated carbocycles. The van der Waals surface area contributed by atoms with Crippen molar-refractivity contribution in [3.63, 3.8) is 0 Å². The molecule has 0 bridgehead atoms. The number of carbonyl (C=O) groups is 1. The quantitative estimate of drug-likeness (QED) is 0.473. The van der Waals surface area contributed by atoms with Crippen molar-refractivity contribution in [2.75, 3.05) is 13.2 Å². The fourth-order valence-corrected chi connectivity index (χ4v) is 4.71. The van der Waals surface area contributed by atoms with Crippen LogP contribution in [0.1, 0.15) is 56.2 Å². The molecule has 1 fully saturated rings. The smallest absolute Gasteiger partial charge is 0.344 e. The summed E-state index contributed by atoms with van der Waals surface area (Å²) in [6, 6.07) is 24.1. The number of hydrogen-bond acceptors (Lipinski definition) is 4. The van der Waals surface area contributed by atoms with Crippen LogP contribution in [0.15, 0.2) is 66.7 Å². The number of fused-ring (bicyclic) bond motifs is 1. The molecule has 0 aromatic heterocycles. The van der Waals surface area contributed by atoms with Gasteiger partial charge in [0, 0.05) is 12.1 Å². The van der Waals surface area contributed by atoms with E-state index in [2.05, 4.69) is 66.8 Å².